The second-order valence-electron chi connectivity index (χ2n) is 3.89. The zero-order valence-electron chi connectivity index (χ0n) is 10.6. The Kier molecular flexibility index (Phi) is 4.39. The molecule has 4 N–H and O–H groups in total. The van der Waals surface area contributed by atoms with Crippen LogP contribution >= 0.6 is 12.4 Å². The van der Waals surface area contributed by atoms with Crippen LogP contribution in [0.2, 0.25) is 0 Å². The van der Waals surface area contributed by atoms with Crippen LogP contribution in [0.25, 0.3) is 10.9 Å². The Hall–Kier alpha value is -2.21. The molecule has 7 heteroatoms. The summed E-state index contributed by atoms with van der Waals surface area (Å²) in [5.74, 6) is 0.0781. The van der Waals surface area contributed by atoms with Gasteiger partial charge in [0.05, 0.1) is 7.11 Å². The number of carbonyl (C=O) groups is 1. The normalized spacial score (nSPS) is 9.79. The molecule has 19 heavy (non-hydrogen) atoms. The maximum Gasteiger partial charge on any atom is 0.276 e. The first-order valence-electron chi connectivity index (χ1n) is 5.31. The number of ether oxygens (including phenoxy) is 1. The van der Waals surface area contributed by atoms with Crippen molar-refractivity contribution in [3.8, 4) is 5.75 Å². The highest BCUT2D eigenvalue weighted by Gasteiger charge is 2.16. The third-order valence-corrected chi connectivity index (χ3v) is 2.72. The van der Waals surface area contributed by atoms with Crippen LogP contribution < -0.4 is 10.5 Å². The van der Waals surface area contributed by atoms with Crippen LogP contribution in [0, 0.1) is 5.41 Å². The number of rotatable bonds is 2. The number of H-pyrrole nitrogens is 1. The van der Waals surface area contributed by atoms with Gasteiger partial charge in [-0.05, 0) is 24.3 Å². The van der Waals surface area contributed by atoms with Gasteiger partial charge < -0.3 is 15.5 Å². The molecule has 1 heterocycles. The lowest BCUT2D eigenvalue weighted by molar-refractivity contribution is 0.0864. The maximum atomic E-state index is 12.0. The summed E-state index contributed by atoms with van der Waals surface area (Å²) in [5, 5.41) is 8.10. The van der Waals surface area contributed by atoms with Crippen LogP contribution in [0.15, 0.2) is 24.3 Å². The van der Waals surface area contributed by atoms with Gasteiger partial charge in [0.2, 0.25) is 0 Å². The van der Waals surface area contributed by atoms with E-state index in [-0.39, 0.29) is 24.3 Å². The van der Waals surface area contributed by atoms with E-state index < -0.39 is 0 Å². The highest BCUT2D eigenvalue weighted by Crippen LogP contribution is 2.21. The predicted molar refractivity (Wildman–Crippen MR) is 76.1 cm³/mol. The van der Waals surface area contributed by atoms with E-state index in [1.54, 1.807) is 13.2 Å². The van der Waals surface area contributed by atoms with Crippen molar-refractivity contribution in [2.45, 2.75) is 0 Å². The monoisotopic (exact) mass is 282 g/mol. The van der Waals surface area contributed by atoms with Crippen molar-refractivity contribution in [3.63, 3.8) is 0 Å². The van der Waals surface area contributed by atoms with E-state index in [1.807, 2.05) is 18.2 Å². The van der Waals surface area contributed by atoms with Gasteiger partial charge in [0, 0.05) is 18.0 Å². The molecule has 0 atom stereocenters. The van der Waals surface area contributed by atoms with E-state index in [1.165, 1.54) is 7.05 Å². The average Bonchev–Trinajstić information content (AvgIpc) is 2.79. The van der Waals surface area contributed by atoms with E-state index in [2.05, 4.69) is 4.98 Å². The number of nitrogens with two attached hydrogens (primary N) is 1. The van der Waals surface area contributed by atoms with Crippen molar-refractivity contribution in [2.24, 2.45) is 5.73 Å². The molecule has 0 bridgehead atoms. The quantitative estimate of drug-likeness (QED) is 0.576. The molecule has 0 radical (unpaired) electrons. The van der Waals surface area contributed by atoms with Gasteiger partial charge >= 0.3 is 0 Å². The number of nitrogens with zero attached hydrogens (tertiary/aromatic N) is 1. The Morgan fingerprint density at radius 1 is 1.42 bits per heavy atom. The molecule has 102 valence electrons. The molecule has 0 unspecified atom stereocenters. The van der Waals surface area contributed by atoms with Gasteiger partial charge in [0.1, 0.15) is 11.4 Å². The second kappa shape index (κ2) is 5.62. The third kappa shape index (κ3) is 2.79. The smallest absolute Gasteiger partial charge is 0.276 e. The van der Waals surface area contributed by atoms with Gasteiger partial charge in [-0.15, -0.1) is 12.4 Å². The Morgan fingerprint density at radius 2 is 2.11 bits per heavy atom. The fourth-order valence-electron chi connectivity index (χ4n) is 1.64. The van der Waals surface area contributed by atoms with Crippen molar-refractivity contribution in [1.82, 2.24) is 9.88 Å². The van der Waals surface area contributed by atoms with Crippen LogP contribution in [0.4, 0.5) is 0 Å². The van der Waals surface area contributed by atoms with Crippen molar-refractivity contribution >= 4 is 35.2 Å². The highest BCUT2D eigenvalue weighted by atomic mass is 35.5. The lowest BCUT2D eigenvalue weighted by Gasteiger charge is -2.12. The van der Waals surface area contributed by atoms with Crippen molar-refractivity contribution in [1.29, 1.82) is 5.41 Å². The Balaban J connectivity index is 0.00000180. The number of methoxy groups -OCH3 is 1. The minimum Gasteiger partial charge on any atom is -0.497 e. The van der Waals surface area contributed by atoms with Gasteiger partial charge in [-0.3, -0.25) is 15.1 Å². The molecule has 2 rings (SSSR count). The maximum absolute atomic E-state index is 12.0. The fraction of sp³-hybridized carbons (Fsp3) is 0.167. The number of amides is 1. The van der Waals surface area contributed by atoms with Gasteiger partial charge in [-0.1, -0.05) is 0 Å². The summed E-state index contributed by atoms with van der Waals surface area (Å²) in [6.45, 7) is 0. The van der Waals surface area contributed by atoms with Crippen LogP contribution in [0.1, 0.15) is 10.5 Å². The molecule has 1 aromatic heterocycles. The number of aromatic amines is 1. The van der Waals surface area contributed by atoms with Crippen molar-refractivity contribution in [2.75, 3.05) is 14.2 Å². The number of guanidine groups is 1. The molecular formula is C12H15ClN4O2. The van der Waals surface area contributed by atoms with Gasteiger partial charge in [0.15, 0.2) is 5.96 Å². The lowest BCUT2D eigenvalue weighted by Crippen LogP contribution is -2.38. The summed E-state index contributed by atoms with van der Waals surface area (Å²) in [5.41, 5.74) is 6.48. The first-order chi connectivity index (χ1) is 8.52. The molecule has 1 aromatic carbocycles. The van der Waals surface area contributed by atoms with Gasteiger partial charge in [-0.25, -0.2) is 0 Å². The molecule has 0 aliphatic rings. The standard InChI is InChI=1S/C12H14N4O2.ClH/c1-16(12(13)14)11(17)10-6-7-5-8(18-2)3-4-9(7)15-10;/h3-6,15H,1-2H3,(H3,13,14);1H. The molecular weight excluding hydrogens is 268 g/mol. The summed E-state index contributed by atoms with van der Waals surface area (Å²) in [4.78, 5) is 16.0. The molecule has 0 saturated carbocycles. The largest absolute Gasteiger partial charge is 0.497 e. The Morgan fingerprint density at radius 3 is 2.68 bits per heavy atom. The summed E-state index contributed by atoms with van der Waals surface area (Å²) >= 11 is 0. The zero-order chi connectivity index (χ0) is 13.3. The number of hydrogen-bond donors (Lipinski definition) is 3. The topological polar surface area (TPSA) is 95.2 Å². The first kappa shape index (κ1) is 14.8. The van der Waals surface area contributed by atoms with E-state index in [4.69, 9.17) is 15.9 Å². The van der Waals surface area contributed by atoms with Gasteiger partial charge in [0.25, 0.3) is 5.91 Å². The fourth-order valence-corrected chi connectivity index (χ4v) is 1.64. The van der Waals surface area contributed by atoms with E-state index >= 15 is 0 Å². The predicted octanol–water partition coefficient (Wildman–Crippen LogP) is 1.56. The third-order valence-electron chi connectivity index (χ3n) is 2.72. The number of hydrogen-bond acceptors (Lipinski definition) is 3. The summed E-state index contributed by atoms with van der Waals surface area (Å²) < 4.78 is 5.11. The molecule has 0 saturated heterocycles. The zero-order valence-corrected chi connectivity index (χ0v) is 11.4. The molecule has 0 fully saturated rings. The van der Waals surface area contributed by atoms with E-state index in [9.17, 15) is 4.79 Å². The van der Waals surface area contributed by atoms with E-state index in [0.717, 1.165) is 21.6 Å². The van der Waals surface area contributed by atoms with Crippen LogP contribution in [0.3, 0.4) is 0 Å². The molecule has 6 nitrogen and oxygen atoms in total. The average molecular weight is 283 g/mol. The molecule has 0 spiro atoms. The summed E-state index contributed by atoms with van der Waals surface area (Å²) in [7, 11) is 3.04. The van der Waals surface area contributed by atoms with Gasteiger partial charge in [-0.2, -0.15) is 0 Å². The number of aromatic nitrogens is 1. The van der Waals surface area contributed by atoms with Crippen molar-refractivity contribution in [3.05, 3.63) is 30.0 Å². The summed E-state index contributed by atoms with van der Waals surface area (Å²) in [6.07, 6.45) is 0. The minimum absolute atomic E-state index is 0. The Bertz CT molecular complexity index is 623. The second-order valence-corrected chi connectivity index (χ2v) is 3.89. The number of nitrogens with one attached hydrogen (secondary N) is 2. The SMILES string of the molecule is COc1ccc2[nH]c(C(=O)N(C)C(=N)N)cc2c1.Cl. The van der Waals surface area contributed by atoms with Crippen LogP contribution in [-0.2, 0) is 0 Å². The molecule has 1 amide bonds. The van der Waals surface area contributed by atoms with Crippen LogP contribution in [0.5, 0.6) is 5.75 Å². The molecule has 2 aromatic rings. The Labute approximate surface area is 116 Å². The molecule has 0 aliphatic heterocycles. The number of fused-ring (bicyclic) bond motifs is 1. The van der Waals surface area contributed by atoms with E-state index in [0.29, 0.717) is 5.69 Å². The lowest BCUT2D eigenvalue weighted by atomic mass is 10.2. The number of halogens is 1. The minimum atomic E-state index is -0.349. The van der Waals surface area contributed by atoms with Crippen molar-refractivity contribution < 1.29 is 9.53 Å². The number of carbonyl (C=O) groups excluding carboxylic acids is 1. The number of benzene rings is 1. The first-order valence-corrected chi connectivity index (χ1v) is 5.31. The molecule has 0 aliphatic carbocycles. The van der Waals surface area contributed by atoms with Crippen LogP contribution in [-0.4, -0.2) is 35.9 Å². The summed E-state index contributed by atoms with van der Waals surface area (Å²) in [6, 6.07) is 7.18. The highest BCUT2D eigenvalue weighted by molar-refractivity contribution is 6.05.